The summed E-state index contributed by atoms with van der Waals surface area (Å²) in [5, 5.41) is 10.0. The summed E-state index contributed by atoms with van der Waals surface area (Å²) in [7, 11) is 3.65. The second-order valence-corrected chi connectivity index (χ2v) is 4.74. The molecule has 1 aromatic carbocycles. The molecule has 16 heavy (non-hydrogen) atoms. The maximum Gasteiger partial charge on any atom is 0.0917 e. The molecule has 1 aromatic rings. The number of aliphatic hydroxyl groups excluding tert-OH is 1. The van der Waals surface area contributed by atoms with E-state index in [2.05, 4.69) is 20.8 Å². The van der Waals surface area contributed by atoms with Crippen LogP contribution < -0.4 is 0 Å². The van der Waals surface area contributed by atoms with Crippen LogP contribution >= 0.6 is 15.9 Å². The van der Waals surface area contributed by atoms with Gasteiger partial charge in [0, 0.05) is 24.7 Å². The maximum atomic E-state index is 10.0. The van der Waals surface area contributed by atoms with Gasteiger partial charge in [0.15, 0.2) is 0 Å². The second kappa shape index (κ2) is 7.01. The Kier molecular flexibility index (Phi) is 5.98. The first-order valence-electron chi connectivity index (χ1n) is 5.24. The molecule has 1 rings (SSSR count). The van der Waals surface area contributed by atoms with E-state index in [-0.39, 0.29) is 0 Å². The topological polar surface area (TPSA) is 32.7 Å². The highest BCUT2D eigenvalue weighted by Crippen LogP contribution is 2.18. The van der Waals surface area contributed by atoms with Crippen LogP contribution in [0, 0.1) is 0 Å². The van der Waals surface area contributed by atoms with Crippen LogP contribution in [0.25, 0.3) is 0 Å². The van der Waals surface area contributed by atoms with E-state index in [1.165, 1.54) is 0 Å². The number of benzene rings is 1. The zero-order chi connectivity index (χ0) is 12.0. The molecule has 0 bridgehead atoms. The molecule has 0 amide bonds. The van der Waals surface area contributed by atoms with Crippen molar-refractivity contribution < 1.29 is 9.84 Å². The maximum absolute atomic E-state index is 10.0. The third-order valence-electron chi connectivity index (χ3n) is 2.40. The zero-order valence-corrected chi connectivity index (χ0v) is 11.3. The smallest absolute Gasteiger partial charge is 0.0917 e. The quantitative estimate of drug-likeness (QED) is 0.869. The minimum atomic E-state index is -0.459. The normalized spacial score (nSPS) is 13.1. The lowest BCUT2D eigenvalue weighted by Gasteiger charge is -2.20. The van der Waals surface area contributed by atoms with Gasteiger partial charge >= 0.3 is 0 Å². The van der Waals surface area contributed by atoms with Gasteiger partial charge in [-0.25, -0.2) is 0 Å². The van der Waals surface area contributed by atoms with E-state index in [9.17, 15) is 5.11 Å². The number of rotatable bonds is 6. The van der Waals surface area contributed by atoms with Gasteiger partial charge < -0.3 is 14.7 Å². The number of hydrogen-bond donors (Lipinski definition) is 1. The molecule has 0 fully saturated rings. The highest BCUT2D eigenvalue weighted by molar-refractivity contribution is 9.10. The third kappa shape index (κ3) is 4.61. The lowest BCUT2D eigenvalue weighted by molar-refractivity contribution is 0.103. The highest BCUT2D eigenvalue weighted by Gasteiger charge is 2.10. The van der Waals surface area contributed by atoms with Gasteiger partial charge in [-0.15, -0.1) is 0 Å². The van der Waals surface area contributed by atoms with Crippen LogP contribution in [0.15, 0.2) is 28.7 Å². The lowest BCUT2D eigenvalue weighted by atomic mass is 10.1. The number of ether oxygens (including phenoxy) is 1. The first kappa shape index (κ1) is 13.6. The van der Waals surface area contributed by atoms with Crippen molar-refractivity contribution in [2.75, 3.05) is 33.9 Å². The molecule has 3 nitrogen and oxygen atoms in total. The molecule has 0 spiro atoms. The second-order valence-electron chi connectivity index (χ2n) is 3.83. The molecule has 0 saturated carbocycles. The van der Waals surface area contributed by atoms with Gasteiger partial charge in [-0.2, -0.15) is 0 Å². The lowest BCUT2D eigenvalue weighted by Crippen LogP contribution is -2.27. The first-order chi connectivity index (χ1) is 7.63. The van der Waals surface area contributed by atoms with Crippen LogP contribution in [-0.2, 0) is 4.74 Å². The number of likely N-dealkylation sites (N-methyl/N-ethyl adjacent to an activating group) is 1. The average Bonchev–Trinajstić information content (AvgIpc) is 2.26. The van der Waals surface area contributed by atoms with E-state index in [1.807, 2.05) is 31.3 Å². The number of halogens is 1. The molecule has 0 heterocycles. The van der Waals surface area contributed by atoms with Gasteiger partial charge in [0.05, 0.1) is 12.7 Å². The Morgan fingerprint density at radius 1 is 1.50 bits per heavy atom. The van der Waals surface area contributed by atoms with Crippen LogP contribution in [0.1, 0.15) is 11.7 Å². The van der Waals surface area contributed by atoms with Crippen molar-refractivity contribution in [3.05, 3.63) is 34.3 Å². The fraction of sp³-hybridized carbons (Fsp3) is 0.500. The third-order valence-corrected chi connectivity index (χ3v) is 2.89. The minimum Gasteiger partial charge on any atom is -0.387 e. The summed E-state index contributed by atoms with van der Waals surface area (Å²) in [6.07, 6.45) is -0.459. The minimum absolute atomic E-state index is 0.459. The molecule has 0 radical (unpaired) electrons. The molecule has 0 aromatic heterocycles. The van der Waals surface area contributed by atoms with Crippen LogP contribution in [0.5, 0.6) is 0 Å². The standard InChI is InChI=1S/C12H18BrNO2/c1-14(6-7-16-2)9-12(15)10-4-3-5-11(13)8-10/h3-5,8,12,15H,6-7,9H2,1-2H3. The summed E-state index contributed by atoms with van der Waals surface area (Å²) in [4.78, 5) is 2.05. The Balaban J connectivity index is 2.48. The molecule has 1 unspecified atom stereocenters. The Labute approximate surface area is 105 Å². The van der Waals surface area contributed by atoms with Crippen molar-refractivity contribution in [1.82, 2.24) is 4.90 Å². The molecular formula is C12H18BrNO2. The van der Waals surface area contributed by atoms with Gasteiger partial charge in [0.25, 0.3) is 0 Å². The first-order valence-corrected chi connectivity index (χ1v) is 6.04. The summed E-state index contributed by atoms with van der Waals surface area (Å²) in [5.74, 6) is 0. The SMILES string of the molecule is COCCN(C)CC(O)c1cccc(Br)c1. The van der Waals surface area contributed by atoms with Gasteiger partial charge in [-0.05, 0) is 24.7 Å². The van der Waals surface area contributed by atoms with Crippen molar-refractivity contribution >= 4 is 15.9 Å². The van der Waals surface area contributed by atoms with Crippen LogP contribution in [0.3, 0.4) is 0 Å². The van der Waals surface area contributed by atoms with Gasteiger partial charge in [-0.3, -0.25) is 0 Å². The zero-order valence-electron chi connectivity index (χ0n) is 9.69. The highest BCUT2D eigenvalue weighted by atomic mass is 79.9. The Morgan fingerprint density at radius 2 is 2.25 bits per heavy atom. The predicted molar refractivity (Wildman–Crippen MR) is 68.5 cm³/mol. The summed E-state index contributed by atoms with van der Waals surface area (Å²) in [6, 6.07) is 7.75. The number of aliphatic hydroxyl groups is 1. The summed E-state index contributed by atoms with van der Waals surface area (Å²) >= 11 is 3.39. The van der Waals surface area contributed by atoms with Crippen LogP contribution in [0.2, 0.25) is 0 Å². The fourth-order valence-electron chi connectivity index (χ4n) is 1.45. The van der Waals surface area contributed by atoms with Crippen LogP contribution in [0.4, 0.5) is 0 Å². The number of nitrogens with zero attached hydrogens (tertiary/aromatic N) is 1. The van der Waals surface area contributed by atoms with Crippen molar-refractivity contribution in [2.45, 2.75) is 6.10 Å². The molecule has 0 aliphatic heterocycles. The van der Waals surface area contributed by atoms with Crippen molar-refractivity contribution in [1.29, 1.82) is 0 Å². The monoisotopic (exact) mass is 287 g/mol. The van der Waals surface area contributed by atoms with Crippen molar-refractivity contribution in [3.63, 3.8) is 0 Å². The van der Waals surface area contributed by atoms with Gasteiger partial charge in [-0.1, -0.05) is 28.1 Å². The van der Waals surface area contributed by atoms with E-state index in [0.717, 1.165) is 16.6 Å². The van der Waals surface area contributed by atoms with Crippen molar-refractivity contribution in [3.8, 4) is 0 Å². The number of hydrogen-bond acceptors (Lipinski definition) is 3. The molecule has 1 N–H and O–H groups in total. The summed E-state index contributed by atoms with van der Waals surface area (Å²) in [6.45, 7) is 2.11. The van der Waals surface area contributed by atoms with E-state index in [4.69, 9.17) is 4.74 Å². The predicted octanol–water partition coefficient (Wildman–Crippen LogP) is 2.06. The van der Waals surface area contributed by atoms with E-state index >= 15 is 0 Å². The molecule has 0 aliphatic carbocycles. The molecule has 0 saturated heterocycles. The Morgan fingerprint density at radius 3 is 2.88 bits per heavy atom. The number of methoxy groups -OCH3 is 1. The van der Waals surface area contributed by atoms with Gasteiger partial charge in [0.2, 0.25) is 0 Å². The van der Waals surface area contributed by atoms with Gasteiger partial charge in [0.1, 0.15) is 0 Å². The summed E-state index contributed by atoms with van der Waals surface area (Å²) < 4.78 is 5.98. The molecule has 1 atom stereocenters. The largest absolute Gasteiger partial charge is 0.387 e. The van der Waals surface area contributed by atoms with Crippen LogP contribution in [-0.4, -0.2) is 43.9 Å². The molecular weight excluding hydrogens is 270 g/mol. The Hall–Kier alpha value is -0.420. The fourth-order valence-corrected chi connectivity index (χ4v) is 1.87. The Bertz CT molecular complexity index is 320. The van der Waals surface area contributed by atoms with Crippen molar-refractivity contribution in [2.24, 2.45) is 0 Å². The molecule has 90 valence electrons. The average molecular weight is 288 g/mol. The molecule has 4 heteroatoms. The van der Waals surface area contributed by atoms with E-state index in [0.29, 0.717) is 13.2 Å². The molecule has 0 aliphatic rings. The van der Waals surface area contributed by atoms with E-state index < -0.39 is 6.10 Å². The van der Waals surface area contributed by atoms with E-state index in [1.54, 1.807) is 7.11 Å². The summed E-state index contributed by atoms with van der Waals surface area (Å²) in [5.41, 5.74) is 0.929.